The maximum absolute atomic E-state index is 13.1. The van der Waals surface area contributed by atoms with Gasteiger partial charge in [-0.2, -0.15) is 0 Å². The second kappa shape index (κ2) is 7.62. The van der Waals surface area contributed by atoms with Gasteiger partial charge in [0.1, 0.15) is 20.1 Å². The molecular weight excluding hydrogens is 577 g/mol. The maximum Gasteiger partial charge on any atom is 0.340 e. The van der Waals surface area contributed by atoms with E-state index in [1.54, 1.807) is 0 Å². The summed E-state index contributed by atoms with van der Waals surface area (Å²) in [5, 5.41) is 28.2. The van der Waals surface area contributed by atoms with Crippen LogP contribution in [-0.4, -0.2) is 27.3 Å². The molecule has 2 heterocycles. The molecule has 0 aliphatic carbocycles. The molecule has 0 atom stereocenters. The average Bonchev–Trinajstić information content (AvgIpc) is 3.10. The molecule has 7 nitrogen and oxygen atoms in total. The first-order valence-corrected chi connectivity index (χ1v) is 11.3. The standard InChI is InChI=1S/C21H6Cl6O7/c22-9-7-17(13(26)15(28)11(9)24)33-18-8(10(23)12(25)16(29)14(18)27)21(7)6-4(19(30)31)2-1-3-5(6)20(32)34-21/h1-3,28-29H,(H,30,31). The van der Waals surface area contributed by atoms with Gasteiger partial charge < -0.3 is 24.8 Å². The predicted octanol–water partition coefficient (Wildman–Crippen LogP) is 7.28. The fraction of sp³-hybridized carbons (Fsp3) is 0.0476. The third-order valence-electron chi connectivity index (χ3n) is 5.53. The summed E-state index contributed by atoms with van der Waals surface area (Å²) in [7, 11) is 0. The van der Waals surface area contributed by atoms with E-state index < -0.39 is 49.1 Å². The number of fused-ring (bicyclic) bond motifs is 6. The Kier molecular flexibility index (Phi) is 5.26. The summed E-state index contributed by atoms with van der Waals surface area (Å²) in [6, 6.07) is 3.91. The smallest absolute Gasteiger partial charge is 0.340 e. The van der Waals surface area contributed by atoms with Crippen LogP contribution in [-0.2, 0) is 10.3 Å². The molecule has 3 N–H and O–H groups in total. The molecule has 34 heavy (non-hydrogen) atoms. The molecule has 0 saturated carbocycles. The van der Waals surface area contributed by atoms with Crippen molar-refractivity contribution < 1.29 is 34.4 Å². The Morgan fingerprint density at radius 1 is 0.765 bits per heavy atom. The number of carboxylic acid groups (broad SMARTS) is 1. The van der Waals surface area contributed by atoms with E-state index in [1.807, 2.05) is 0 Å². The van der Waals surface area contributed by atoms with Gasteiger partial charge in [0.05, 0.1) is 32.3 Å². The van der Waals surface area contributed by atoms with Gasteiger partial charge in [-0.15, -0.1) is 0 Å². The Hall–Kier alpha value is -2.26. The predicted molar refractivity (Wildman–Crippen MR) is 125 cm³/mol. The van der Waals surface area contributed by atoms with Gasteiger partial charge in [0.15, 0.2) is 28.6 Å². The van der Waals surface area contributed by atoms with E-state index in [0.29, 0.717) is 0 Å². The average molecular weight is 583 g/mol. The fourth-order valence-electron chi connectivity index (χ4n) is 4.18. The summed E-state index contributed by atoms with van der Waals surface area (Å²) in [6.45, 7) is 0. The number of carbonyl (C=O) groups excluding carboxylic acids is 1. The third kappa shape index (κ3) is 2.74. The van der Waals surface area contributed by atoms with Gasteiger partial charge in [-0.3, -0.25) is 0 Å². The van der Waals surface area contributed by atoms with Gasteiger partial charge in [-0.05, 0) is 12.1 Å². The number of rotatable bonds is 1. The van der Waals surface area contributed by atoms with Gasteiger partial charge in [0, 0.05) is 5.56 Å². The zero-order valence-corrected chi connectivity index (χ0v) is 20.5. The fourth-order valence-corrected chi connectivity index (χ4v) is 5.73. The SMILES string of the molecule is O=C(O)c1cccc2c1C1(OC2=O)c2c(Cl)c(Cl)c(O)c(Cl)c2Oc2c(Cl)c(O)c(Cl)c(Cl)c21. The zero-order chi connectivity index (χ0) is 24.9. The Morgan fingerprint density at radius 2 is 1.26 bits per heavy atom. The van der Waals surface area contributed by atoms with Crippen molar-refractivity contribution in [3.05, 3.63) is 76.2 Å². The molecule has 0 unspecified atom stereocenters. The number of benzene rings is 3. The molecule has 1 spiro atoms. The number of esters is 1. The van der Waals surface area contributed by atoms with Crippen LogP contribution in [0.4, 0.5) is 0 Å². The van der Waals surface area contributed by atoms with Crippen LogP contribution in [0.3, 0.4) is 0 Å². The highest BCUT2D eigenvalue weighted by Crippen LogP contribution is 2.66. The number of aromatic carboxylic acids is 1. The topological polar surface area (TPSA) is 113 Å². The van der Waals surface area contributed by atoms with Gasteiger partial charge in [0.2, 0.25) is 0 Å². The van der Waals surface area contributed by atoms with E-state index in [1.165, 1.54) is 18.2 Å². The summed E-state index contributed by atoms with van der Waals surface area (Å²) in [5.41, 5.74) is -3.36. The molecule has 2 aliphatic heterocycles. The molecule has 13 heteroatoms. The molecule has 3 aromatic rings. The highest BCUT2D eigenvalue weighted by atomic mass is 35.5. The van der Waals surface area contributed by atoms with Crippen molar-refractivity contribution in [2.24, 2.45) is 0 Å². The van der Waals surface area contributed by atoms with Crippen molar-refractivity contribution in [2.75, 3.05) is 0 Å². The van der Waals surface area contributed by atoms with Crippen molar-refractivity contribution in [1.82, 2.24) is 0 Å². The molecule has 0 saturated heterocycles. The molecule has 5 rings (SSSR count). The van der Waals surface area contributed by atoms with Gasteiger partial charge >= 0.3 is 11.9 Å². The second-order valence-corrected chi connectivity index (χ2v) is 9.46. The van der Waals surface area contributed by atoms with Crippen LogP contribution in [0.25, 0.3) is 0 Å². The highest BCUT2D eigenvalue weighted by Gasteiger charge is 2.59. The number of halogens is 6. The highest BCUT2D eigenvalue weighted by molar-refractivity contribution is 6.47. The number of carboxylic acids is 1. The summed E-state index contributed by atoms with van der Waals surface area (Å²) >= 11 is 38.0. The number of phenolic OH excluding ortho intramolecular Hbond substituents is 2. The lowest BCUT2D eigenvalue weighted by Gasteiger charge is -2.39. The number of hydrogen-bond acceptors (Lipinski definition) is 6. The van der Waals surface area contributed by atoms with Crippen LogP contribution in [0.1, 0.15) is 37.4 Å². The van der Waals surface area contributed by atoms with Gasteiger partial charge in [-0.25, -0.2) is 9.59 Å². The summed E-state index contributed by atoms with van der Waals surface area (Å²) < 4.78 is 11.6. The lowest BCUT2D eigenvalue weighted by molar-refractivity contribution is 0.0219. The van der Waals surface area contributed by atoms with Gasteiger partial charge in [-0.1, -0.05) is 75.7 Å². The van der Waals surface area contributed by atoms with Crippen LogP contribution in [0, 0.1) is 0 Å². The Labute approximate surface area is 219 Å². The van der Waals surface area contributed by atoms with E-state index in [4.69, 9.17) is 79.1 Å². The van der Waals surface area contributed by atoms with E-state index in [-0.39, 0.29) is 49.4 Å². The molecule has 0 bridgehead atoms. The number of hydrogen-bond donors (Lipinski definition) is 3. The van der Waals surface area contributed by atoms with Crippen molar-refractivity contribution in [1.29, 1.82) is 0 Å². The van der Waals surface area contributed by atoms with E-state index in [9.17, 15) is 24.9 Å². The Morgan fingerprint density at radius 3 is 1.74 bits per heavy atom. The number of carbonyl (C=O) groups is 2. The van der Waals surface area contributed by atoms with Crippen LogP contribution < -0.4 is 4.74 Å². The monoisotopic (exact) mass is 580 g/mol. The number of ether oxygens (including phenoxy) is 2. The number of phenols is 2. The van der Waals surface area contributed by atoms with E-state index in [2.05, 4.69) is 0 Å². The summed E-state index contributed by atoms with van der Waals surface area (Å²) in [6.07, 6.45) is 0. The molecular formula is C21H6Cl6O7. The molecule has 0 fully saturated rings. The molecule has 0 aromatic heterocycles. The van der Waals surface area contributed by atoms with Crippen LogP contribution in [0.5, 0.6) is 23.0 Å². The van der Waals surface area contributed by atoms with Gasteiger partial charge in [0.25, 0.3) is 0 Å². The van der Waals surface area contributed by atoms with Crippen LogP contribution >= 0.6 is 69.6 Å². The van der Waals surface area contributed by atoms with Crippen molar-refractivity contribution >= 4 is 81.5 Å². The first-order valence-electron chi connectivity index (χ1n) is 9.02. The normalized spacial score (nSPS) is 14.8. The maximum atomic E-state index is 13.1. The largest absolute Gasteiger partial charge is 0.505 e. The first-order chi connectivity index (χ1) is 15.9. The first kappa shape index (κ1) is 23.5. The molecule has 0 amide bonds. The minimum Gasteiger partial charge on any atom is -0.505 e. The Bertz CT molecular complexity index is 1430. The Balaban J connectivity index is 2.11. The third-order valence-corrected chi connectivity index (χ3v) is 7.92. The zero-order valence-electron chi connectivity index (χ0n) is 16.0. The van der Waals surface area contributed by atoms with Crippen molar-refractivity contribution in [2.45, 2.75) is 5.60 Å². The van der Waals surface area contributed by atoms with E-state index in [0.717, 1.165) is 0 Å². The number of aromatic hydroxyl groups is 2. The van der Waals surface area contributed by atoms with Crippen LogP contribution in [0.2, 0.25) is 30.1 Å². The quantitative estimate of drug-likeness (QED) is 0.204. The second-order valence-electron chi connectivity index (χ2n) is 7.20. The summed E-state index contributed by atoms with van der Waals surface area (Å²) in [5.74, 6) is -4.40. The van der Waals surface area contributed by atoms with Crippen LogP contribution in [0.15, 0.2) is 18.2 Å². The van der Waals surface area contributed by atoms with Crippen molar-refractivity contribution in [3.8, 4) is 23.0 Å². The lowest BCUT2D eigenvalue weighted by atomic mass is 9.75. The molecule has 0 radical (unpaired) electrons. The molecule has 2 aliphatic rings. The molecule has 174 valence electrons. The summed E-state index contributed by atoms with van der Waals surface area (Å²) in [4.78, 5) is 25.3. The van der Waals surface area contributed by atoms with E-state index >= 15 is 0 Å². The lowest BCUT2D eigenvalue weighted by Crippen LogP contribution is -2.35. The minimum atomic E-state index is -2.24. The minimum absolute atomic E-state index is 0.133. The van der Waals surface area contributed by atoms with Crippen molar-refractivity contribution in [3.63, 3.8) is 0 Å². The molecule has 3 aromatic carbocycles.